The fourth-order valence-corrected chi connectivity index (χ4v) is 11.7. The summed E-state index contributed by atoms with van der Waals surface area (Å²) < 4.78 is 14.3. The van der Waals surface area contributed by atoms with Crippen molar-refractivity contribution in [3.05, 3.63) is 146 Å². The molecule has 0 aliphatic rings. The molecule has 0 aliphatic carbocycles. The van der Waals surface area contributed by atoms with Crippen LogP contribution in [0.4, 0.5) is 0 Å². The topological polar surface area (TPSA) is 53.5 Å². The van der Waals surface area contributed by atoms with Crippen LogP contribution in [-0.2, 0) is 0 Å². The summed E-state index contributed by atoms with van der Waals surface area (Å²) in [7, 11) is 0. The lowest BCUT2D eigenvalue weighted by Crippen LogP contribution is -1.97. The molecule has 0 radical (unpaired) electrons. The number of thiophene rings is 3. The van der Waals surface area contributed by atoms with Crippen LogP contribution in [0.1, 0.15) is 0 Å². The molecule has 0 spiro atoms. The normalized spacial score (nSPS) is 12.4. The molecule has 13 aromatic rings. The van der Waals surface area contributed by atoms with Gasteiger partial charge in [-0.05, 0) is 72.8 Å². The summed E-state index contributed by atoms with van der Waals surface area (Å²) in [5.41, 5.74) is 8.62. The van der Waals surface area contributed by atoms with Gasteiger partial charge in [0.25, 0.3) is 0 Å². The second-order valence-electron chi connectivity index (χ2n) is 13.8. The molecule has 0 saturated carbocycles. The van der Waals surface area contributed by atoms with E-state index < -0.39 is 0 Å². The molecular weight excluding hydrogens is 721 g/mol. The number of aromatic nitrogens is 6. The van der Waals surface area contributed by atoms with Crippen LogP contribution in [-0.4, -0.2) is 28.7 Å². The Bertz CT molecular complexity index is 3290. The summed E-state index contributed by atoms with van der Waals surface area (Å²) in [5.74, 6) is 0. The molecule has 6 aromatic heterocycles. The van der Waals surface area contributed by atoms with E-state index in [2.05, 4.69) is 141 Å². The van der Waals surface area contributed by atoms with Gasteiger partial charge in [-0.2, -0.15) is 0 Å². The van der Waals surface area contributed by atoms with Gasteiger partial charge in [0.1, 0.15) is 52.1 Å². The SMILES string of the molecule is c1ccc2c(c1)sc1ccc(-n3cnc4c3c3ncn(-c5ccc6sc7ccccc7c6c5)c3c3ncn(-c5ccc6sc7ccccc7c6c5)c43)cc12. The molecule has 0 saturated heterocycles. The molecule has 9 heteroatoms. The first-order valence-corrected chi connectivity index (χ1v) is 20.2. The van der Waals surface area contributed by atoms with E-state index in [9.17, 15) is 0 Å². The van der Waals surface area contributed by atoms with E-state index in [1.807, 2.05) is 53.0 Å². The van der Waals surface area contributed by atoms with E-state index >= 15 is 0 Å². The number of hydrogen-bond donors (Lipinski definition) is 0. The average molecular weight is 745 g/mol. The van der Waals surface area contributed by atoms with E-state index in [0.717, 1.165) is 50.2 Å². The van der Waals surface area contributed by atoms with Crippen molar-refractivity contribution in [2.75, 3.05) is 0 Å². The Morgan fingerprint density at radius 1 is 0.315 bits per heavy atom. The van der Waals surface area contributed by atoms with Crippen molar-refractivity contribution in [3.8, 4) is 17.1 Å². The van der Waals surface area contributed by atoms with Crippen LogP contribution in [0.25, 0.3) is 111 Å². The van der Waals surface area contributed by atoms with Crippen molar-refractivity contribution in [2.45, 2.75) is 0 Å². The maximum Gasteiger partial charge on any atom is 0.117 e. The van der Waals surface area contributed by atoms with Gasteiger partial charge in [-0.25, -0.2) is 15.0 Å². The fourth-order valence-electron chi connectivity index (χ4n) is 8.42. The van der Waals surface area contributed by atoms with Gasteiger partial charge in [0.2, 0.25) is 0 Å². The minimum Gasteiger partial charge on any atom is -0.297 e. The third-order valence-corrected chi connectivity index (χ3v) is 14.3. The number of hydrogen-bond acceptors (Lipinski definition) is 6. The molecule has 6 nitrogen and oxygen atoms in total. The zero-order chi connectivity index (χ0) is 35.1. The van der Waals surface area contributed by atoms with Crippen LogP contribution in [0.2, 0.25) is 0 Å². The number of rotatable bonds is 3. The number of imidazole rings is 3. The van der Waals surface area contributed by atoms with Crippen molar-refractivity contribution in [3.63, 3.8) is 0 Å². The average Bonchev–Trinajstić information content (AvgIpc) is 4.07. The Morgan fingerprint density at radius 3 is 0.944 bits per heavy atom. The lowest BCUT2D eigenvalue weighted by atomic mass is 10.1. The van der Waals surface area contributed by atoms with Crippen LogP contribution in [0, 0.1) is 0 Å². The summed E-state index contributed by atoms with van der Waals surface area (Å²) in [6.45, 7) is 0. The molecule has 13 rings (SSSR count). The Hall–Kier alpha value is -6.39. The number of benzene rings is 7. The molecular formula is C45H24N6S3. The molecule has 54 heavy (non-hydrogen) atoms. The Balaban J connectivity index is 1.12. The first-order chi connectivity index (χ1) is 26.7. The highest BCUT2D eigenvalue weighted by Crippen LogP contribution is 2.42. The minimum atomic E-state index is 0.866. The van der Waals surface area contributed by atoms with Crippen LogP contribution in [0.5, 0.6) is 0 Å². The van der Waals surface area contributed by atoms with Gasteiger partial charge in [-0.15, -0.1) is 34.0 Å². The Labute approximate surface area is 318 Å². The van der Waals surface area contributed by atoms with E-state index in [4.69, 9.17) is 15.0 Å². The molecule has 0 bridgehead atoms. The largest absolute Gasteiger partial charge is 0.297 e. The second-order valence-corrected chi connectivity index (χ2v) is 17.0. The lowest BCUT2D eigenvalue weighted by molar-refractivity contribution is 1.09. The van der Waals surface area contributed by atoms with E-state index in [1.165, 1.54) is 60.5 Å². The second kappa shape index (κ2) is 10.6. The van der Waals surface area contributed by atoms with Crippen molar-refractivity contribution in [1.29, 1.82) is 0 Å². The minimum absolute atomic E-state index is 0.866. The Kier molecular flexibility index (Phi) is 5.72. The molecule has 0 fully saturated rings. The molecule has 0 amide bonds. The third-order valence-electron chi connectivity index (χ3n) is 10.9. The van der Waals surface area contributed by atoms with Crippen molar-refractivity contribution in [2.24, 2.45) is 0 Å². The molecule has 6 heterocycles. The number of fused-ring (bicyclic) bond motifs is 15. The summed E-state index contributed by atoms with van der Waals surface area (Å²) in [6.07, 6.45) is 5.86. The van der Waals surface area contributed by atoms with Crippen LogP contribution < -0.4 is 0 Å². The lowest BCUT2D eigenvalue weighted by Gasteiger charge is -2.10. The van der Waals surface area contributed by atoms with Crippen LogP contribution in [0.3, 0.4) is 0 Å². The fraction of sp³-hybridized carbons (Fsp3) is 0. The third kappa shape index (κ3) is 3.90. The quantitative estimate of drug-likeness (QED) is 0.181. The zero-order valence-corrected chi connectivity index (χ0v) is 30.7. The molecule has 0 aliphatic heterocycles. The van der Waals surface area contributed by atoms with Crippen LogP contribution in [0.15, 0.2) is 146 Å². The molecule has 0 unspecified atom stereocenters. The summed E-state index contributed by atoms with van der Waals surface area (Å²) in [6, 6.07) is 46.2. The number of nitrogens with zero attached hydrogens (tertiary/aromatic N) is 6. The van der Waals surface area contributed by atoms with Crippen molar-refractivity contribution >= 4 is 128 Å². The standard InChI is InChI=1S/C45H24N6S3/c1-4-10-34-28(7-1)31-19-25(13-16-37(31)52-34)49-22-46-40-43(49)41-45(50(23-47-41)26-14-17-38-32(20-26)29-8-2-5-11-35(29)53-38)42-44(40)51(24-48-42)27-15-18-39-33(21-27)30-9-3-6-12-36(30)54-39/h1-24H. The van der Waals surface area contributed by atoms with E-state index in [0.29, 0.717) is 0 Å². The van der Waals surface area contributed by atoms with E-state index in [1.54, 1.807) is 0 Å². The van der Waals surface area contributed by atoms with Crippen molar-refractivity contribution < 1.29 is 0 Å². The molecule has 0 N–H and O–H groups in total. The van der Waals surface area contributed by atoms with Gasteiger partial charge in [-0.3, -0.25) is 13.7 Å². The zero-order valence-electron chi connectivity index (χ0n) is 28.3. The summed E-state index contributed by atoms with van der Waals surface area (Å²) >= 11 is 5.49. The van der Waals surface area contributed by atoms with Gasteiger partial charge < -0.3 is 0 Å². The van der Waals surface area contributed by atoms with Crippen molar-refractivity contribution in [1.82, 2.24) is 28.7 Å². The summed E-state index contributed by atoms with van der Waals surface area (Å²) in [4.78, 5) is 15.5. The first-order valence-electron chi connectivity index (χ1n) is 17.7. The highest BCUT2D eigenvalue weighted by atomic mass is 32.1. The van der Waals surface area contributed by atoms with Gasteiger partial charge in [0.05, 0.1) is 0 Å². The predicted octanol–water partition coefficient (Wildman–Crippen LogP) is 12.8. The van der Waals surface area contributed by atoms with Gasteiger partial charge in [-0.1, -0.05) is 54.6 Å². The first kappa shape index (κ1) is 29.1. The van der Waals surface area contributed by atoms with Gasteiger partial charge >= 0.3 is 0 Å². The maximum absolute atomic E-state index is 5.17. The molecule has 252 valence electrons. The highest BCUT2D eigenvalue weighted by molar-refractivity contribution is 7.26. The smallest absolute Gasteiger partial charge is 0.117 e. The van der Waals surface area contributed by atoms with Gasteiger partial charge in [0.15, 0.2) is 0 Å². The van der Waals surface area contributed by atoms with E-state index in [-0.39, 0.29) is 0 Å². The Morgan fingerprint density at radius 2 is 0.611 bits per heavy atom. The van der Waals surface area contributed by atoms with Crippen LogP contribution >= 0.6 is 34.0 Å². The monoisotopic (exact) mass is 744 g/mol. The highest BCUT2D eigenvalue weighted by Gasteiger charge is 2.24. The summed E-state index contributed by atoms with van der Waals surface area (Å²) in [5, 5.41) is 7.55. The maximum atomic E-state index is 5.17. The van der Waals surface area contributed by atoms with Gasteiger partial charge in [0, 0.05) is 77.6 Å². The molecule has 0 atom stereocenters. The predicted molar refractivity (Wildman–Crippen MR) is 229 cm³/mol. The molecule has 7 aromatic carbocycles.